The average molecular weight is 307 g/mol. The van der Waals surface area contributed by atoms with Crippen molar-refractivity contribution in [1.82, 2.24) is 0 Å². The molecule has 4 heteroatoms. The molecular formula is C19H17NO3. The van der Waals surface area contributed by atoms with Crippen LogP contribution in [0.2, 0.25) is 0 Å². The highest BCUT2D eigenvalue weighted by atomic mass is 16.5. The lowest BCUT2D eigenvalue weighted by molar-refractivity contribution is 0.308. The van der Waals surface area contributed by atoms with Crippen LogP contribution in [-0.4, -0.2) is 7.11 Å². The van der Waals surface area contributed by atoms with Gasteiger partial charge in [0.15, 0.2) is 5.75 Å². The molecule has 0 unspecified atom stereocenters. The Labute approximate surface area is 134 Å². The third-order valence-corrected chi connectivity index (χ3v) is 4.00. The monoisotopic (exact) mass is 307 g/mol. The molecule has 0 spiro atoms. The molecule has 1 aromatic heterocycles. The first-order valence-electron chi connectivity index (χ1n) is 7.51. The summed E-state index contributed by atoms with van der Waals surface area (Å²) in [5.74, 6) is 2.19. The van der Waals surface area contributed by atoms with Gasteiger partial charge in [0.1, 0.15) is 12.4 Å². The van der Waals surface area contributed by atoms with Crippen LogP contribution in [0.15, 0.2) is 59.2 Å². The number of ether oxygens (including phenoxy) is 2. The van der Waals surface area contributed by atoms with Crippen LogP contribution in [0.5, 0.6) is 11.5 Å². The Kier molecular flexibility index (Phi) is 3.23. The van der Waals surface area contributed by atoms with E-state index >= 15 is 0 Å². The molecule has 0 amide bonds. The highest BCUT2D eigenvalue weighted by molar-refractivity contribution is 5.82. The fourth-order valence-electron chi connectivity index (χ4n) is 2.89. The van der Waals surface area contributed by atoms with Crippen molar-refractivity contribution < 1.29 is 13.9 Å². The van der Waals surface area contributed by atoms with Crippen molar-refractivity contribution in [3.05, 3.63) is 65.9 Å². The van der Waals surface area contributed by atoms with Gasteiger partial charge in [-0.3, -0.25) is 4.90 Å². The standard InChI is InChI=1S/C19H17NO3/c1-13-7-8-16(18(11-13)21-2)20-15-6-4-3-5-14(15)12-23-17-9-10-22-19(17)20/h3-11H,12H2,1-2H3. The molecule has 0 fully saturated rings. The van der Waals surface area contributed by atoms with E-state index < -0.39 is 0 Å². The number of fused-ring (bicyclic) bond motifs is 2. The van der Waals surface area contributed by atoms with Gasteiger partial charge < -0.3 is 13.9 Å². The summed E-state index contributed by atoms with van der Waals surface area (Å²) in [5.41, 5.74) is 4.20. The minimum absolute atomic E-state index is 0.507. The second-order valence-electron chi connectivity index (χ2n) is 5.52. The largest absolute Gasteiger partial charge is 0.495 e. The molecule has 1 aliphatic heterocycles. The second kappa shape index (κ2) is 5.39. The number of aryl methyl sites for hydroxylation is 1. The number of hydrogen-bond acceptors (Lipinski definition) is 4. The highest BCUT2D eigenvalue weighted by Gasteiger charge is 2.27. The Morgan fingerprint density at radius 3 is 2.78 bits per heavy atom. The highest BCUT2D eigenvalue weighted by Crippen LogP contribution is 2.47. The zero-order valence-corrected chi connectivity index (χ0v) is 13.1. The van der Waals surface area contributed by atoms with Crippen LogP contribution in [0.4, 0.5) is 17.3 Å². The molecular weight excluding hydrogens is 290 g/mol. The molecule has 23 heavy (non-hydrogen) atoms. The lowest BCUT2D eigenvalue weighted by Gasteiger charge is -2.24. The molecule has 2 heterocycles. The van der Waals surface area contributed by atoms with Gasteiger partial charge in [-0.15, -0.1) is 0 Å². The van der Waals surface area contributed by atoms with Gasteiger partial charge in [-0.05, 0) is 30.7 Å². The second-order valence-corrected chi connectivity index (χ2v) is 5.52. The average Bonchev–Trinajstić information content (AvgIpc) is 2.98. The third kappa shape index (κ3) is 2.23. The van der Waals surface area contributed by atoms with E-state index in [-0.39, 0.29) is 0 Å². The third-order valence-electron chi connectivity index (χ3n) is 4.00. The van der Waals surface area contributed by atoms with E-state index in [1.54, 1.807) is 13.4 Å². The summed E-state index contributed by atoms with van der Waals surface area (Å²) in [6, 6.07) is 16.1. The summed E-state index contributed by atoms with van der Waals surface area (Å²) < 4.78 is 17.2. The van der Waals surface area contributed by atoms with Crippen LogP contribution in [0.3, 0.4) is 0 Å². The summed E-state index contributed by atoms with van der Waals surface area (Å²) in [5, 5.41) is 0. The number of furan rings is 1. The van der Waals surface area contributed by atoms with E-state index in [2.05, 4.69) is 23.1 Å². The van der Waals surface area contributed by atoms with Crippen LogP contribution in [-0.2, 0) is 6.61 Å². The van der Waals surface area contributed by atoms with Crippen LogP contribution in [0, 0.1) is 6.92 Å². The number of hydrogen-bond donors (Lipinski definition) is 0. The molecule has 0 saturated carbocycles. The van der Waals surface area contributed by atoms with E-state index in [9.17, 15) is 0 Å². The predicted octanol–water partition coefficient (Wildman–Crippen LogP) is 4.96. The van der Waals surface area contributed by atoms with Crippen molar-refractivity contribution in [2.24, 2.45) is 0 Å². The fourth-order valence-corrected chi connectivity index (χ4v) is 2.89. The maximum atomic E-state index is 5.89. The SMILES string of the molecule is COc1cc(C)ccc1N1c2ccccc2COc2ccoc21. The number of methoxy groups -OCH3 is 1. The smallest absolute Gasteiger partial charge is 0.247 e. The Bertz CT molecular complexity index is 853. The minimum atomic E-state index is 0.507. The van der Waals surface area contributed by atoms with Crippen LogP contribution in [0.1, 0.15) is 11.1 Å². The lowest BCUT2D eigenvalue weighted by Crippen LogP contribution is -2.11. The summed E-state index contributed by atoms with van der Waals surface area (Å²) in [6.07, 6.45) is 1.65. The van der Waals surface area contributed by atoms with E-state index in [1.165, 1.54) is 0 Å². The van der Waals surface area contributed by atoms with Gasteiger partial charge in [0.05, 0.1) is 24.7 Å². The number of anilines is 3. The number of rotatable bonds is 2. The maximum Gasteiger partial charge on any atom is 0.247 e. The van der Waals surface area contributed by atoms with Crippen LogP contribution >= 0.6 is 0 Å². The molecule has 1 aliphatic rings. The van der Waals surface area contributed by atoms with Crippen molar-refractivity contribution in [2.75, 3.05) is 12.0 Å². The molecule has 2 aromatic carbocycles. The molecule has 116 valence electrons. The van der Waals surface area contributed by atoms with Crippen LogP contribution < -0.4 is 14.4 Å². The molecule has 0 aliphatic carbocycles. The summed E-state index contributed by atoms with van der Waals surface area (Å²) in [6.45, 7) is 2.55. The van der Waals surface area contributed by atoms with Crippen molar-refractivity contribution in [1.29, 1.82) is 0 Å². The molecule has 0 N–H and O–H groups in total. The zero-order chi connectivity index (χ0) is 15.8. The minimum Gasteiger partial charge on any atom is -0.495 e. The Balaban J connectivity index is 1.98. The predicted molar refractivity (Wildman–Crippen MR) is 89.0 cm³/mol. The van der Waals surface area contributed by atoms with Crippen molar-refractivity contribution in [3.8, 4) is 11.5 Å². The Hall–Kier alpha value is -2.88. The number of nitrogens with zero attached hydrogens (tertiary/aromatic N) is 1. The molecule has 4 rings (SSSR count). The zero-order valence-electron chi connectivity index (χ0n) is 13.1. The molecule has 3 aromatic rings. The first-order chi connectivity index (χ1) is 11.3. The number of para-hydroxylation sites is 1. The summed E-state index contributed by atoms with van der Waals surface area (Å²) in [4.78, 5) is 2.05. The van der Waals surface area contributed by atoms with Gasteiger partial charge in [0, 0.05) is 11.6 Å². The van der Waals surface area contributed by atoms with Crippen molar-refractivity contribution in [2.45, 2.75) is 13.5 Å². The van der Waals surface area contributed by atoms with Crippen molar-refractivity contribution >= 4 is 17.3 Å². The number of benzene rings is 2. The van der Waals surface area contributed by atoms with E-state index in [0.717, 1.165) is 34.0 Å². The van der Waals surface area contributed by atoms with E-state index in [1.807, 2.05) is 37.3 Å². The lowest BCUT2D eigenvalue weighted by atomic mass is 10.1. The van der Waals surface area contributed by atoms with E-state index in [4.69, 9.17) is 13.9 Å². The molecule has 4 nitrogen and oxygen atoms in total. The maximum absolute atomic E-state index is 5.89. The Morgan fingerprint density at radius 2 is 1.91 bits per heavy atom. The van der Waals surface area contributed by atoms with Gasteiger partial charge in [-0.2, -0.15) is 0 Å². The van der Waals surface area contributed by atoms with Gasteiger partial charge in [-0.25, -0.2) is 0 Å². The van der Waals surface area contributed by atoms with Gasteiger partial charge in [0.25, 0.3) is 0 Å². The van der Waals surface area contributed by atoms with E-state index in [0.29, 0.717) is 12.5 Å². The molecule has 0 atom stereocenters. The van der Waals surface area contributed by atoms with Crippen molar-refractivity contribution in [3.63, 3.8) is 0 Å². The topological polar surface area (TPSA) is 34.8 Å². The molecule has 0 radical (unpaired) electrons. The summed E-state index contributed by atoms with van der Waals surface area (Å²) >= 11 is 0. The van der Waals surface area contributed by atoms with Gasteiger partial charge >= 0.3 is 0 Å². The molecule has 0 saturated heterocycles. The Morgan fingerprint density at radius 1 is 1.04 bits per heavy atom. The normalized spacial score (nSPS) is 12.9. The first kappa shape index (κ1) is 13.8. The van der Waals surface area contributed by atoms with Crippen LogP contribution in [0.25, 0.3) is 0 Å². The summed E-state index contributed by atoms with van der Waals surface area (Å²) in [7, 11) is 1.68. The first-order valence-corrected chi connectivity index (χ1v) is 7.51. The quantitative estimate of drug-likeness (QED) is 0.670. The molecule has 0 bridgehead atoms. The fraction of sp³-hybridized carbons (Fsp3) is 0.158. The van der Waals surface area contributed by atoms with Gasteiger partial charge in [0.2, 0.25) is 5.88 Å². The van der Waals surface area contributed by atoms with Gasteiger partial charge in [-0.1, -0.05) is 24.3 Å².